The molecular formula is C20H17ClN2O3S. The lowest BCUT2D eigenvalue weighted by Crippen LogP contribution is -2.14. The van der Waals surface area contributed by atoms with Crippen LogP contribution in [0.5, 0.6) is 0 Å². The van der Waals surface area contributed by atoms with Crippen molar-refractivity contribution in [1.29, 1.82) is 0 Å². The molecule has 0 bridgehead atoms. The number of halogens is 1. The second-order valence-corrected chi connectivity index (χ2v) is 8.08. The maximum absolute atomic E-state index is 12.5. The van der Waals surface area contributed by atoms with Crippen LogP contribution in [0.25, 0.3) is 0 Å². The molecule has 1 amide bonds. The summed E-state index contributed by atoms with van der Waals surface area (Å²) >= 11 is 5.82. The Hall–Kier alpha value is -2.83. The van der Waals surface area contributed by atoms with E-state index in [1.54, 1.807) is 72.8 Å². The number of carbonyl (C=O) groups is 1. The SMILES string of the molecule is Cc1ccc(S(=O)(=O)Nc2cccc(NC(=O)c3ccc(Cl)cc3)c2)cc1. The van der Waals surface area contributed by atoms with E-state index in [1.165, 1.54) is 0 Å². The smallest absolute Gasteiger partial charge is 0.261 e. The number of benzene rings is 3. The second-order valence-electron chi connectivity index (χ2n) is 5.96. The van der Waals surface area contributed by atoms with Crippen LogP contribution in [-0.2, 0) is 10.0 Å². The topological polar surface area (TPSA) is 75.3 Å². The fourth-order valence-electron chi connectivity index (χ4n) is 2.40. The molecule has 0 fully saturated rings. The van der Waals surface area contributed by atoms with Crippen LogP contribution >= 0.6 is 11.6 Å². The Morgan fingerprint density at radius 1 is 0.889 bits per heavy atom. The molecule has 0 aromatic heterocycles. The molecule has 27 heavy (non-hydrogen) atoms. The van der Waals surface area contributed by atoms with Gasteiger partial charge >= 0.3 is 0 Å². The first-order valence-electron chi connectivity index (χ1n) is 8.10. The number of hydrogen-bond donors (Lipinski definition) is 2. The summed E-state index contributed by atoms with van der Waals surface area (Å²) < 4.78 is 27.5. The molecule has 0 unspecified atom stereocenters. The number of amides is 1. The minimum atomic E-state index is -3.71. The molecule has 0 saturated carbocycles. The monoisotopic (exact) mass is 400 g/mol. The highest BCUT2D eigenvalue weighted by Gasteiger charge is 2.14. The van der Waals surface area contributed by atoms with Gasteiger partial charge in [-0.05, 0) is 61.5 Å². The largest absolute Gasteiger partial charge is 0.322 e. The van der Waals surface area contributed by atoms with Crippen LogP contribution < -0.4 is 10.0 Å². The molecule has 3 aromatic rings. The van der Waals surface area contributed by atoms with Crippen molar-refractivity contribution >= 4 is 38.9 Å². The minimum absolute atomic E-state index is 0.170. The summed E-state index contributed by atoms with van der Waals surface area (Å²) in [6.45, 7) is 1.89. The van der Waals surface area contributed by atoms with Gasteiger partial charge in [-0.15, -0.1) is 0 Å². The van der Waals surface area contributed by atoms with Gasteiger partial charge in [0.25, 0.3) is 15.9 Å². The third-order valence-electron chi connectivity index (χ3n) is 3.81. The molecule has 0 aliphatic rings. The van der Waals surface area contributed by atoms with Gasteiger partial charge in [-0.1, -0.05) is 35.4 Å². The number of nitrogens with one attached hydrogen (secondary N) is 2. The maximum atomic E-state index is 12.5. The van der Waals surface area contributed by atoms with Crippen molar-refractivity contribution in [2.75, 3.05) is 10.0 Å². The zero-order valence-corrected chi connectivity index (χ0v) is 16.0. The lowest BCUT2D eigenvalue weighted by Gasteiger charge is -2.11. The van der Waals surface area contributed by atoms with Gasteiger partial charge in [0.2, 0.25) is 0 Å². The van der Waals surface area contributed by atoms with Crippen molar-refractivity contribution in [2.45, 2.75) is 11.8 Å². The summed E-state index contributed by atoms with van der Waals surface area (Å²) in [5.41, 5.74) is 2.24. The van der Waals surface area contributed by atoms with Gasteiger partial charge in [-0.3, -0.25) is 9.52 Å². The molecule has 3 aromatic carbocycles. The highest BCUT2D eigenvalue weighted by atomic mass is 35.5. The van der Waals surface area contributed by atoms with Crippen molar-refractivity contribution in [3.05, 3.63) is 88.9 Å². The molecule has 138 valence electrons. The van der Waals surface area contributed by atoms with E-state index in [-0.39, 0.29) is 10.8 Å². The lowest BCUT2D eigenvalue weighted by molar-refractivity contribution is 0.102. The van der Waals surface area contributed by atoms with Gasteiger partial charge in [0.15, 0.2) is 0 Å². The molecule has 2 N–H and O–H groups in total. The van der Waals surface area contributed by atoms with Gasteiger partial charge in [0, 0.05) is 16.3 Å². The Morgan fingerprint density at radius 2 is 1.52 bits per heavy atom. The number of carbonyl (C=O) groups excluding carboxylic acids is 1. The first kappa shape index (κ1) is 18.9. The molecule has 0 heterocycles. The highest BCUT2D eigenvalue weighted by molar-refractivity contribution is 7.92. The molecular weight excluding hydrogens is 384 g/mol. The van der Waals surface area contributed by atoms with Crippen LogP contribution in [0, 0.1) is 6.92 Å². The summed E-state index contributed by atoms with van der Waals surface area (Å²) in [6.07, 6.45) is 0. The molecule has 3 rings (SSSR count). The summed E-state index contributed by atoms with van der Waals surface area (Å²) in [5, 5.41) is 3.28. The van der Waals surface area contributed by atoms with E-state index in [4.69, 9.17) is 11.6 Å². The normalized spacial score (nSPS) is 11.0. The van der Waals surface area contributed by atoms with E-state index < -0.39 is 10.0 Å². The van der Waals surface area contributed by atoms with Gasteiger partial charge in [-0.25, -0.2) is 8.42 Å². The average Bonchev–Trinajstić information content (AvgIpc) is 2.62. The first-order chi connectivity index (χ1) is 12.8. The van der Waals surface area contributed by atoms with Crippen LogP contribution in [0.3, 0.4) is 0 Å². The van der Waals surface area contributed by atoms with Crippen molar-refractivity contribution < 1.29 is 13.2 Å². The van der Waals surface area contributed by atoms with E-state index in [1.807, 2.05) is 6.92 Å². The Morgan fingerprint density at radius 3 is 2.19 bits per heavy atom. The van der Waals surface area contributed by atoms with Gasteiger partial charge < -0.3 is 5.32 Å². The number of sulfonamides is 1. The van der Waals surface area contributed by atoms with E-state index in [0.717, 1.165) is 5.56 Å². The number of hydrogen-bond acceptors (Lipinski definition) is 3. The first-order valence-corrected chi connectivity index (χ1v) is 9.96. The van der Waals surface area contributed by atoms with Crippen molar-refractivity contribution in [2.24, 2.45) is 0 Å². The zero-order valence-electron chi connectivity index (χ0n) is 14.4. The minimum Gasteiger partial charge on any atom is -0.322 e. The van der Waals surface area contributed by atoms with Crippen molar-refractivity contribution in [3.63, 3.8) is 0 Å². The summed E-state index contributed by atoms with van der Waals surface area (Å²) in [6, 6.07) is 19.5. The molecule has 5 nitrogen and oxygen atoms in total. The predicted molar refractivity (Wildman–Crippen MR) is 108 cm³/mol. The Balaban J connectivity index is 1.76. The maximum Gasteiger partial charge on any atom is 0.261 e. The summed E-state index contributed by atoms with van der Waals surface area (Å²) in [4.78, 5) is 12.5. The Bertz CT molecular complexity index is 1060. The van der Waals surface area contributed by atoms with E-state index in [9.17, 15) is 13.2 Å². The highest BCUT2D eigenvalue weighted by Crippen LogP contribution is 2.20. The van der Waals surface area contributed by atoms with E-state index in [0.29, 0.717) is 22.0 Å². The average molecular weight is 401 g/mol. The van der Waals surface area contributed by atoms with Crippen LogP contribution in [0.1, 0.15) is 15.9 Å². The Labute approximate surface area is 163 Å². The molecule has 0 radical (unpaired) electrons. The third kappa shape index (κ3) is 4.87. The van der Waals surface area contributed by atoms with Gasteiger partial charge in [0.05, 0.1) is 10.6 Å². The molecule has 0 aliphatic carbocycles. The zero-order chi connectivity index (χ0) is 19.4. The molecule has 0 atom stereocenters. The second kappa shape index (κ2) is 7.82. The standard InChI is InChI=1S/C20H17ClN2O3S/c1-14-5-11-19(12-6-14)27(25,26)23-18-4-2-3-17(13-18)22-20(24)15-7-9-16(21)10-8-15/h2-13,23H,1H3,(H,22,24). The number of anilines is 2. The van der Waals surface area contributed by atoms with Crippen molar-refractivity contribution in [3.8, 4) is 0 Å². The molecule has 7 heteroatoms. The van der Waals surface area contributed by atoms with Crippen LogP contribution in [-0.4, -0.2) is 14.3 Å². The quantitative estimate of drug-likeness (QED) is 0.651. The van der Waals surface area contributed by atoms with Gasteiger partial charge in [0.1, 0.15) is 0 Å². The van der Waals surface area contributed by atoms with Crippen LogP contribution in [0.2, 0.25) is 5.02 Å². The van der Waals surface area contributed by atoms with E-state index >= 15 is 0 Å². The molecule has 0 aliphatic heterocycles. The van der Waals surface area contributed by atoms with Crippen LogP contribution in [0.15, 0.2) is 77.7 Å². The van der Waals surface area contributed by atoms with Gasteiger partial charge in [-0.2, -0.15) is 0 Å². The van der Waals surface area contributed by atoms with Crippen molar-refractivity contribution in [1.82, 2.24) is 0 Å². The van der Waals surface area contributed by atoms with Crippen LogP contribution in [0.4, 0.5) is 11.4 Å². The lowest BCUT2D eigenvalue weighted by atomic mass is 10.2. The summed E-state index contributed by atoms with van der Waals surface area (Å²) in [7, 11) is -3.71. The third-order valence-corrected chi connectivity index (χ3v) is 5.46. The van der Waals surface area contributed by atoms with E-state index in [2.05, 4.69) is 10.0 Å². The fourth-order valence-corrected chi connectivity index (χ4v) is 3.57. The fraction of sp³-hybridized carbons (Fsp3) is 0.0500. The Kier molecular flexibility index (Phi) is 5.48. The number of rotatable bonds is 5. The predicted octanol–water partition coefficient (Wildman–Crippen LogP) is 4.70. The molecule has 0 saturated heterocycles. The summed E-state index contributed by atoms with van der Waals surface area (Å²) in [5.74, 6) is -0.315. The molecule has 0 spiro atoms. The number of aryl methyl sites for hydroxylation is 1.